The van der Waals surface area contributed by atoms with Crippen molar-refractivity contribution in [1.82, 2.24) is 10.2 Å². The SMILES string of the molecule is CNC[C@@H]1CCN(C)[C@@H]1C. The molecule has 1 aliphatic rings. The van der Waals surface area contributed by atoms with Crippen molar-refractivity contribution in [3.63, 3.8) is 0 Å². The molecule has 0 amide bonds. The Morgan fingerprint density at radius 2 is 2.30 bits per heavy atom. The highest BCUT2D eigenvalue weighted by Crippen LogP contribution is 2.20. The van der Waals surface area contributed by atoms with E-state index in [0.29, 0.717) is 0 Å². The van der Waals surface area contributed by atoms with Gasteiger partial charge in [-0.15, -0.1) is 0 Å². The highest BCUT2D eigenvalue weighted by Gasteiger charge is 2.26. The molecule has 0 aromatic rings. The third-order valence-electron chi connectivity index (χ3n) is 2.70. The lowest BCUT2D eigenvalue weighted by molar-refractivity contribution is 0.290. The van der Waals surface area contributed by atoms with Crippen LogP contribution in [0.5, 0.6) is 0 Å². The lowest BCUT2D eigenvalue weighted by Gasteiger charge is -2.19. The van der Waals surface area contributed by atoms with Gasteiger partial charge in [0, 0.05) is 6.04 Å². The number of rotatable bonds is 2. The zero-order valence-corrected chi connectivity index (χ0v) is 7.22. The van der Waals surface area contributed by atoms with E-state index >= 15 is 0 Å². The Morgan fingerprint density at radius 3 is 2.70 bits per heavy atom. The summed E-state index contributed by atoms with van der Waals surface area (Å²) in [6, 6.07) is 0.771. The van der Waals surface area contributed by atoms with Gasteiger partial charge in [-0.2, -0.15) is 0 Å². The monoisotopic (exact) mass is 142 g/mol. The number of nitrogens with zero attached hydrogens (tertiary/aromatic N) is 1. The topological polar surface area (TPSA) is 15.3 Å². The minimum absolute atomic E-state index is 0.771. The predicted molar refractivity (Wildman–Crippen MR) is 44.1 cm³/mol. The first kappa shape index (κ1) is 8.02. The zero-order valence-electron chi connectivity index (χ0n) is 7.22. The summed E-state index contributed by atoms with van der Waals surface area (Å²) in [7, 11) is 4.24. The van der Waals surface area contributed by atoms with Gasteiger partial charge in [-0.25, -0.2) is 0 Å². The second-order valence-corrected chi connectivity index (χ2v) is 3.33. The summed E-state index contributed by atoms with van der Waals surface area (Å²) in [6.07, 6.45) is 1.36. The molecule has 1 saturated heterocycles. The first-order valence-corrected chi connectivity index (χ1v) is 4.10. The highest BCUT2D eigenvalue weighted by atomic mass is 15.2. The summed E-state index contributed by atoms with van der Waals surface area (Å²) in [5.74, 6) is 0.870. The molecule has 1 N–H and O–H groups in total. The van der Waals surface area contributed by atoms with E-state index in [4.69, 9.17) is 0 Å². The van der Waals surface area contributed by atoms with Crippen molar-refractivity contribution in [2.75, 3.05) is 27.2 Å². The molecule has 10 heavy (non-hydrogen) atoms. The molecule has 2 heteroatoms. The summed E-state index contributed by atoms with van der Waals surface area (Å²) < 4.78 is 0. The molecule has 0 aliphatic carbocycles. The molecule has 0 unspecified atom stereocenters. The van der Waals surface area contributed by atoms with Crippen molar-refractivity contribution in [2.45, 2.75) is 19.4 Å². The molecule has 0 aromatic carbocycles. The Labute approximate surface area is 63.6 Å². The Balaban J connectivity index is 2.33. The summed E-state index contributed by atoms with van der Waals surface area (Å²) in [4.78, 5) is 2.43. The van der Waals surface area contributed by atoms with Crippen LogP contribution in [-0.2, 0) is 0 Å². The maximum atomic E-state index is 3.23. The molecule has 0 spiro atoms. The zero-order chi connectivity index (χ0) is 7.56. The Hall–Kier alpha value is -0.0800. The van der Waals surface area contributed by atoms with E-state index in [9.17, 15) is 0 Å². The number of likely N-dealkylation sites (tertiary alicyclic amines) is 1. The van der Waals surface area contributed by atoms with Gasteiger partial charge >= 0.3 is 0 Å². The third kappa shape index (κ3) is 1.50. The maximum Gasteiger partial charge on any atom is 0.0105 e. The lowest BCUT2D eigenvalue weighted by Crippen LogP contribution is -2.30. The summed E-state index contributed by atoms with van der Waals surface area (Å²) in [6.45, 7) is 4.76. The van der Waals surface area contributed by atoms with Gasteiger partial charge in [-0.1, -0.05) is 0 Å². The van der Waals surface area contributed by atoms with E-state index < -0.39 is 0 Å². The molecular weight excluding hydrogens is 124 g/mol. The van der Waals surface area contributed by atoms with Gasteiger partial charge in [0.25, 0.3) is 0 Å². The van der Waals surface area contributed by atoms with Crippen LogP contribution in [0.4, 0.5) is 0 Å². The fourth-order valence-electron chi connectivity index (χ4n) is 1.71. The first-order valence-electron chi connectivity index (χ1n) is 4.10. The molecule has 2 atom stereocenters. The molecule has 0 saturated carbocycles. The number of nitrogens with one attached hydrogen (secondary N) is 1. The van der Waals surface area contributed by atoms with Crippen LogP contribution in [0.15, 0.2) is 0 Å². The van der Waals surface area contributed by atoms with Crippen molar-refractivity contribution >= 4 is 0 Å². The Bertz CT molecular complexity index is 101. The Morgan fingerprint density at radius 1 is 1.60 bits per heavy atom. The average molecular weight is 142 g/mol. The Kier molecular flexibility index (Phi) is 2.69. The van der Waals surface area contributed by atoms with Gasteiger partial charge in [0.15, 0.2) is 0 Å². The van der Waals surface area contributed by atoms with Crippen LogP contribution in [0, 0.1) is 5.92 Å². The summed E-state index contributed by atoms with van der Waals surface area (Å²) in [5.41, 5.74) is 0. The van der Waals surface area contributed by atoms with Gasteiger partial charge in [-0.05, 0) is 46.4 Å². The largest absolute Gasteiger partial charge is 0.319 e. The van der Waals surface area contributed by atoms with Crippen molar-refractivity contribution in [3.8, 4) is 0 Å². The molecule has 0 aromatic heterocycles. The molecule has 1 rings (SSSR count). The van der Waals surface area contributed by atoms with E-state index in [1.807, 2.05) is 7.05 Å². The van der Waals surface area contributed by atoms with E-state index in [0.717, 1.165) is 12.0 Å². The van der Waals surface area contributed by atoms with Crippen molar-refractivity contribution in [1.29, 1.82) is 0 Å². The van der Waals surface area contributed by atoms with Crippen LogP contribution < -0.4 is 5.32 Å². The lowest BCUT2D eigenvalue weighted by atomic mass is 10.0. The van der Waals surface area contributed by atoms with Crippen LogP contribution in [-0.4, -0.2) is 38.1 Å². The van der Waals surface area contributed by atoms with E-state index in [1.54, 1.807) is 0 Å². The van der Waals surface area contributed by atoms with E-state index in [1.165, 1.54) is 19.5 Å². The van der Waals surface area contributed by atoms with Crippen molar-refractivity contribution < 1.29 is 0 Å². The molecule has 60 valence electrons. The van der Waals surface area contributed by atoms with Gasteiger partial charge < -0.3 is 10.2 Å². The van der Waals surface area contributed by atoms with Crippen LogP contribution in [0.3, 0.4) is 0 Å². The highest BCUT2D eigenvalue weighted by molar-refractivity contribution is 4.82. The van der Waals surface area contributed by atoms with E-state index in [-0.39, 0.29) is 0 Å². The quantitative estimate of drug-likeness (QED) is 0.605. The normalized spacial score (nSPS) is 35.1. The number of hydrogen-bond acceptors (Lipinski definition) is 2. The standard InChI is InChI=1S/C8H18N2/c1-7-8(6-9-2)4-5-10(7)3/h7-9H,4-6H2,1-3H3/t7-,8+/m1/s1. The smallest absolute Gasteiger partial charge is 0.0105 e. The molecule has 1 fully saturated rings. The molecule has 0 radical (unpaired) electrons. The molecule has 2 nitrogen and oxygen atoms in total. The van der Waals surface area contributed by atoms with Crippen molar-refractivity contribution in [3.05, 3.63) is 0 Å². The third-order valence-corrected chi connectivity index (χ3v) is 2.70. The number of hydrogen-bond donors (Lipinski definition) is 1. The fourth-order valence-corrected chi connectivity index (χ4v) is 1.71. The van der Waals surface area contributed by atoms with Crippen LogP contribution in [0.25, 0.3) is 0 Å². The molecular formula is C8H18N2. The van der Waals surface area contributed by atoms with Gasteiger partial charge in [0.05, 0.1) is 0 Å². The second kappa shape index (κ2) is 3.35. The van der Waals surface area contributed by atoms with Crippen LogP contribution >= 0.6 is 0 Å². The maximum absolute atomic E-state index is 3.23. The molecule has 0 bridgehead atoms. The van der Waals surface area contributed by atoms with Crippen LogP contribution in [0.2, 0.25) is 0 Å². The molecule has 1 heterocycles. The van der Waals surface area contributed by atoms with Gasteiger partial charge in [0.1, 0.15) is 0 Å². The average Bonchev–Trinajstić information content (AvgIpc) is 2.20. The fraction of sp³-hybridized carbons (Fsp3) is 1.00. The minimum Gasteiger partial charge on any atom is -0.319 e. The van der Waals surface area contributed by atoms with Gasteiger partial charge in [-0.3, -0.25) is 0 Å². The minimum atomic E-state index is 0.771. The summed E-state index contributed by atoms with van der Waals surface area (Å²) in [5, 5.41) is 3.23. The van der Waals surface area contributed by atoms with Crippen LogP contribution in [0.1, 0.15) is 13.3 Å². The van der Waals surface area contributed by atoms with Gasteiger partial charge in [0.2, 0.25) is 0 Å². The first-order chi connectivity index (χ1) is 4.75. The second-order valence-electron chi connectivity index (χ2n) is 3.33. The van der Waals surface area contributed by atoms with Crippen molar-refractivity contribution in [2.24, 2.45) is 5.92 Å². The van der Waals surface area contributed by atoms with E-state index in [2.05, 4.69) is 24.2 Å². The molecule has 1 aliphatic heterocycles. The predicted octanol–water partition coefficient (Wildman–Crippen LogP) is 0.546. The summed E-state index contributed by atoms with van der Waals surface area (Å²) >= 11 is 0.